The highest BCUT2D eigenvalue weighted by Gasteiger charge is 2.12. The quantitative estimate of drug-likeness (QED) is 0.511. The van der Waals surface area contributed by atoms with Crippen molar-refractivity contribution in [3.63, 3.8) is 0 Å². The number of hydrogen-bond donors (Lipinski definition) is 0. The first kappa shape index (κ1) is 15.1. The smallest absolute Gasteiger partial charge is 0.285 e. The predicted molar refractivity (Wildman–Crippen MR) is 83.9 cm³/mol. The fraction of sp³-hybridized carbons (Fsp3) is 0.0714. The number of rotatable bonds is 4. The van der Waals surface area contributed by atoms with Gasteiger partial charge in [0, 0.05) is 22.2 Å². The summed E-state index contributed by atoms with van der Waals surface area (Å²) in [4.78, 5) is 26.2. The number of benzene rings is 1. The third-order valence-electron chi connectivity index (χ3n) is 3.04. The van der Waals surface area contributed by atoms with Crippen molar-refractivity contribution in [1.29, 1.82) is 0 Å². The molecule has 0 bridgehead atoms. The maximum atomic E-state index is 11.8. The van der Waals surface area contributed by atoms with Crippen LogP contribution in [0.5, 0.6) is 0 Å². The van der Waals surface area contributed by atoms with Gasteiger partial charge in [-0.2, -0.15) is 4.98 Å². The zero-order chi connectivity index (χ0) is 16.4. The van der Waals surface area contributed by atoms with Crippen LogP contribution in [0.1, 0.15) is 5.89 Å². The van der Waals surface area contributed by atoms with Crippen LogP contribution in [0.15, 0.2) is 56.4 Å². The summed E-state index contributed by atoms with van der Waals surface area (Å²) in [5.74, 6) is 0.558. The third-order valence-corrected chi connectivity index (χ3v) is 3.53. The van der Waals surface area contributed by atoms with Gasteiger partial charge in [0.25, 0.3) is 11.2 Å². The van der Waals surface area contributed by atoms with Crippen LogP contribution in [-0.2, 0) is 6.54 Å². The van der Waals surface area contributed by atoms with Gasteiger partial charge in [0.05, 0.1) is 11.1 Å². The Morgan fingerprint density at radius 3 is 2.87 bits per heavy atom. The monoisotopic (exact) mass is 376 g/mol. The minimum Gasteiger partial charge on any atom is -0.337 e. The molecule has 0 amide bonds. The normalized spacial score (nSPS) is 10.7. The number of aromatic nitrogens is 3. The summed E-state index contributed by atoms with van der Waals surface area (Å²) < 4.78 is 7.13. The Kier molecular flexibility index (Phi) is 4.02. The van der Waals surface area contributed by atoms with E-state index in [1.165, 1.54) is 0 Å². The standard InChI is InChI=1S/C14H9BrN4O4/c15-10-3-1-2-9(6-10)14-16-12(23-17-14)8-18-7-11(19(21)22)4-5-13(18)20/h1-7H,8H2. The summed E-state index contributed by atoms with van der Waals surface area (Å²) in [6, 6.07) is 9.63. The average molecular weight is 377 g/mol. The molecule has 0 aliphatic rings. The Morgan fingerprint density at radius 2 is 2.13 bits per heavy atom. The average Bonchev–Trinajstić information content (AvgIpc) is 2.98. The van der Waals surface area contributed by atoms with Gasteiger partial charge in [-0.15, -0.1) is 0 Å². The van der Waals surface area contributed by atoms with Crippen molar-refractivity contribution >= 4 is 21.6 Å². The molecule has 0 fully saturated rings. The van der Waals surface area contributed by atoms with Crippen LogP contribution in [0, 0.1) is 10.1 Å². The van der Waals surface area contributed by atoms with E-state index in [1.54, 1.807) is 0 Å². The molecule has 0 saturated carbocycles. The Bertz CT molecular complexity index is 934. The van der Waals surface area contributed by atoms with Gasteiger partial charge in [0.15, 0.2) is 0 Å². The van der Waals surface area contributed by atoms with Gasteiger partial charge in [-0.1, -0.05) is 33.2 Å². The lowest BCUT2D eigenvalue weighted by molar-refractivity contribution is -0.385. The zero-order valence-electron chi connectivity index (χ0n) is 11.5. The van der Waals surface area contributed by atoms with E-state index in [0.29, 0.717) is 5.82 Å². The van der Waals surface area contributed by atoms with Crippen LogP contribution >= 0.6 is 15.9 Å². The summed E-state index contributed by atoms with van der Waals surface area (Å²) in [5, 5.41) is 14.6. The second-order valence-corrected chi connectivity index (χ2v) is 5.55. The molecule has 1 aromatic carbocycles. The fourth-order valence-corrected chi connectivity index (χ4v) is 2.36. The minimum atomic E-state index is -0.573. The molecule has 9 heteroatoms. The van der Waals surface area contributed by atoms with Gasteiger partial charge in [0.1, 0.15) is 6.54 Å². The van der Waals surface area contributed by atoms with Crippen molar-refractivity contribution in [2.45, 2.75) is 6.54 Å². The van der Waals surface area contributed by atoms with Crippen LogP contribution in [0.2, 0.25) is 0 Å². The van der Waals surface area contributed by atoms with Crippen molar-refractivity contribution in [3.8, 4) is 11.4 Å². The van der Waals surface area contributed by atoms with Gasteiger partial charge in [-0.05, 0) is 12.1 Å². The second kappa shape index (κ2) is 6.13. The molecule has 3 rings (SSSR count). The molecule has 0 atom stereocenters. The first-order chi connectivity index (χ1) is 11.0. The largest absolute Gasteiger partial charge is 0.337 e. The lowest BCUT2D eigenvalue weighted by Crippen LogP contribution is -2.19. The van der Waals surface area contributed by atoms with E-state index in [9.17, 15) is 14.9 Å². The summed E-state index contributed by atoms with van der Waals surface area (Å²) in [6.45, 7) is -0.0402. The first-order valence-electron chi connectivity index (χ1n) is 6.46. The molecular weight excluding hydrogens is 368 g/mol. The number of pyridine rings is 1. The van der Waals surface area contributed by atoms with Gasteiger partial charge in [0.2, 0.25) is 11.7 Å². The number of nitro groups is 1. The molecule has 2 heterocycles. The highest BCUT2D eigenvalue weighted by molar-refractivity contribution is 9.10. The Balaban J connectivity index is 1.89. The summed E-state index contributed by atoms with van der Waals surface area (Å²) in [5.41, 5.74) is 0.176. The maximum absolute atomic E-state index is 11.8. The lowest BCUT2D eigenvalue weighted by atomic mass is 10.2. The fourth-order valence-electron chi connectivity index (χ4n) is 1.96. The van der Waals surface area contributed by atoms with E-state index in [4.69, 9.17) is 4.52 Å². The van der Waals surface area contributed by atoms with Crippen molar-refractivity contribution in [2.75, 3.05) is 0 Å². The topological polar surface area (TPSA) is 104 Å². The molecule has 23 heavy (non-hydrogen) atoms. The molecule has 8 nitrogen and oxygen atoms in total. The number of hydrogen-bond acceptors (Lipinski definition) is 6. The van der Waals surface area contributed by atoms with Crippen LogP contribution < -0.4 is 5.56 Å². The minimum absolute atomic E-state index is 0.0402. The number of nitrogens with zero attached hydrogens (tertiary/aromatic N) is 4. The molecular formula is C14H9BrN4O4. The summed E-state index contributed by atoms with van der Waals surface area (Å²) in [7, 11) is 0. The SMILES string of the molecule is O=c1ccc([N+](=O)[O-])cn1Cc1nc(-c2cccc(Br)c2)no1. The summed E-state index contributed by atoms with van der Waals surface area (Å²) >= 11 is 3.36. The Hall–Kier alpha value is -2.81. The van der Waals surface area contributed by atoms with Crippen LogP contribution in [0.3, 0.4) is 0 Å². The van der Waals surface area contributed by atoms with Crippen LogP contribution in [0.25, 0.3) is 11.4 Å². The van der Waals surface area contributed by atoms with Gasteiger partial charge < -0.3 is 4.52 Å². The molecule has 2 aromatic heterocycles. The lowest BCUT2D eigenvalue weighted by Gasteiger charge is -2.00. The first-order valence-corrected chi connectivity index (χ1v) is 7.25. The van der Waals surface area contributed by atoms with E-state index in [-0.39, 0.29) is 18.1 Å². The molecule has 0 unspecified atom stereocenters. The molecule has 3 aromatic rings. The molecule has 0 aliphatic heterocycles. The molecule has 116 valence electrons. The zero-order valence-corrected chi connectivity index (χ0v) is 13.1. The van der Waals surface area contributed by atoms with Crippen molar-refractivity contribution in [3.05, 3.63) is 73.4 Å². The van der Waals surface area contributed by atoms with E-state index >= 15 is 0 Å². The Morgan fingerprint density at radius 1 is 1.30 bits per heavy atom. The Labute approximate surface area is 137 Å². The van der Waals surface area contributed by atoms with Crippen molar-refractivity contribution < 1.29 is 9.45 Å². The van der Waals surface area contributed by atoms with Crippen molar-refractivity contribution in [1.82, 2.24) is 14.7 Å². The third kappa shape index (κ3) is 3.34. The molecule has 0 spiro atoms. The molecule has 0 radical (unpaired) electrons. The predicted octanol–water partition coefficient (Wildman–Crippen LogP) is 2.62. The highest BCUT2D eigenvalue weighted by atomic mass is 79.9. The van der Waals surface area contributed by atoms with Crippen molar-refractivity contribution in [2.24, 2.45) is 0 Å². The summed E-state index contributed by atoms with van der Waals surface area (Å²) in [6.07, 6.45) is 1.14. The van der Waals surface area contributed by atoms with Gasteiger partial charge in [-0.3, -0.25) is 19.5 Å². The van der Waals surface area contributed by atoms with Gasteiger partial charge >= 0.3 is 0 Å². The van der Waals surface area contributed by atoms with E-state index in [0.717, 1.165) is 32.9 Å². The number of halogens is 1. The molecule has 0 saturated heterocycles. The van der Waals surface area contributed by atoms with E-state index in [1.807, 2.05) is 24.3 Å². The highest BCUT2D eigenvalue weighted by Crippen LogP contribution is 2.20. The maximum Gasteiger partial charge on any atom is 0.285 e. The molecule has 0 aliphatic carbocycles. The van der Waals surface area contributed by atoms with Crippen LogP contribution in [0.4, 0.5) is 5.69 Å². The van der Waals surface area contributed by atoms with Crippen LogP contribution in [-0.4, -0.2) is 19.6 Å². The van der Waals surface area contributed by atoms with E-state index < -0.39 is 10.5 Å². The second-order valence-electron chi connectivity index (χ2n) is 4.63. The van der Waals surface area contributed by atoms with E-state index in [2.05, 4.69) is 26.1 Å². The van der Waals surface area contributed by atoms with Gasteiger partial charge in [-0.25, -0.2) is 0 Å². The molecule has 0 N–H and O–H groups in total.